The summed E-state index contributed by atoms with van der Waals surface area (Å²) < 4.78 is 10.3. The van der Waals surface area contributed by atoms with Gasteiger partial charge in [-0.15, -0.1) is 0 Å². The fourth-order valence-electron chi connectivity index (χ4n) is 3.29. The molecule has 1 aromatic carbocycles. The van der Waals surface area contributed by atoms with Crippen molar-refractivity contribution in [3.63, 3.8) is 0 Å². The minimum Gasteiger partial charge on any atom is -0.478 e. The molecule has 0 saturated heterocycles. The van der Waals surface area contributed by atoms with E-state index in [1.165, 1.54) is 25.3 Å². The quantitative estimate of drug-likeness (QED) is 0.429. The van der Waals surface area contributed by atoms with Crippen LogP contribution in [0.4, 0.5) is 5.69 Å². The van der Waals surface area contributed by atoms with Crippen LogP contribution in [0.15, 0.2) is 46.8 Å². The predicted octanol–water partition coefficient (Wildman–Crippen LogP) is 2.79. The molecule has 0 spiro atoms. The van der Waals surface area contributed by atoms with E-state index >= 15 is 0 Å². The molecule has 0 radical (unpaired) electrons. The summed E-state index contributed by atoms with van der Waals surface area (Å²) >= 11 is 0. The number of rotatable bonds is 7. The number of nitro groups is 1. The molecule has 0 aliphatic carbocycles. The second kappa shape index (κ2) is 8.66. The number of aliphatic carboxylic acids is 1. The zero-order valence-electron chi connectivity index (χ0n) is 16.1. The number of carboxylic acid groups (broad SMARTS) is 1. The highest BCUT2D eigenvalue weighted by atomic mass is 16.6. The lowest BCUT2D eigenvalue weighted by molar-refractivity contribution is -0.384. The minimum atomic E-state index is -1.23. The molecule has 2 rings (SSSR count). The Balaban J connectivity index is 2.76. The van der Waals surface area contributed by atoms with Crippen molar-refractivity contribution in [2.45, 2.75) is 26.7 Å². The summed E-state index contributed by atoms with van der Waals surface area (Å²) in [5.74, 6) is -2.95. The molecule has 0 aromatic heterocycles. The lowest BCUT2D eigenvalue weighted by atomic mass is 9.79. The summed E-state index contributed by atoms with van der Waals surface area (Å²) in [6, 6.07) is 5.59. The van der Waals surface area contributed by atoms with Crippen LogP contribution in [0.3, 0.4) is 0 Å². The van der Waals surface area contributed by atoms with Crippen LogP contribution < -0.4 is 0 Å². The molecule has 1 heterocycles. The van der Waals surface area contributed by atoms with E-state index in [1.807, 2.05) is 0 Å². The van der Waals surface area contributed by atoms with Gasteiger partial charge in [0, 0.05) is 30.1 Å². The van der Waals surface area contributed by atoms with Gasteiger partial charge in [0.15, 0.2) is 0 Å². The number of carbonyl (C=O) groups excluding carboxylic acids is 1. The zero-order chi connectivity index (χ0) is 21.0. The highest BCUT2D eigenvalue weighted by Crippen LogP contribution is 2.42. The lowest BCUT2D eigenvalue weighted by Gasteiger charge is -2.37. The van der Waals surface area contributed by atoms with Crippen LogP contribution in [0.2, 0.25) is 0 Å². The topological polar surface area (TPSA) is 119 Å². The number of nitro benzene ring substituents is 1. The number of methoxy groups -OCH3 is 1. The predicted molar refractivity (Wildman–Crippen MR) is 99.2 cm³/mol. The van der Waals surface area contributed by atoms with Crippen LogP contribution in [-0.2, 0) is 19.1 Å². The Bertz CT molecular complexity index is 873. The van der Waals surface area contributed by atoms with Crippen LogP contribution in [0, 0.1) is 10.1 Å². The van der Waals surface area contributed by atoms with E-state index in [4.69, 9.17) is 9.47 Å². The van der Waals surface area contributed by atoms with Crippen LogP contribution in [0.25, 0.3) is 0 Å². The summed E-state index contributed by atoms with van der Waals surface area (Å²) in [4.78, 5) is 36.9. The molecule has 150 valence electrons. The Labute approximate surface area is 162 Å². The maximum absolute atomic E-state index is 12.6. The molecule has 1 aromatic rings. The van der Waals surface area contributed by atoms with Crippen molar-refractivity contribution in [3.05, 3.63) is 62.5 Å². The Morgan fingerprint density at radius 1 is 1.25 bits per heavy atom. The molecule has 0 amide bonds. The van der Waals surface area contributed by atoms with Crippen molar-refractivity contribution in [2.24, 2.45) is 0 Å². The van der Waals surface area contributed by atoms with Crippen LogP contribution in [0.5, 0.6) is 0 Å². The average Bonchev–Trinajstić information content (AvgIpc) is 2.66. The molecule has 9 nitrogen and oxygen atoms in total. The van der Waals surface area contributed by atoms with Gasteiger partial charge in [-0.3, -0.25) is 10.1 Å². The number of non-ortho nitro benzene ring substituents is 1. The molecule has 0 saturated carbocycles. The molecule has 9 heteroatoms. The van der Waals surface area contributed by atoms with Crippen LogP contribution in [0.1, 0.15) is 32.3 Å². The monoisotopic (exact) mass is 390 g/mol. The smallest absolute Gasteiger partial charge is 0.336 e. The Hall–Kier alpha value is -3.20. The van der Waals surface area contributed by atoms with Crippen molar-refractivity contribution in [3.8, 4) is 0 Å². The van der Waals surface area contributed by atoms with Gasteiger partial charge in [-0.2, -0.15) is 0 Å². The molecule has 28 heavy (non-hydrogen) atoms. The molecular formula is C19H22N2O7. The first kappa shape index (κ1) is 21.1. The van der Waals surface area contributed by atoms with E-state index in [9.17, 15) is 24.8 Å². The lowest BCUT2D eigenvalue weighted by Crippen LogP contribution is -2.35. The molecule has 0 fully saturated rings. The van der Waals surface area contributed by atoms with Crippen molar-refractivity contribution in [1.82, 2.24) is 4.90 Å². The number of benzene rings is 1. The maximum atomic E-state index is 12.6. The highest BCUT2D eigenvalue weighted by Gasteiger charge is 2.40. The van der Waals surface area contributed by atoms with Crippen molar-refractivity contribution in [1.29, 1.82) is 0 Å². The third-order valence-corrected chi connectivity index (χ3v) is 4.64. The molecule has 1 N–H and O–H groups in total. The van der Waals surface area contributed by atoms with Gasteiger partial charge >= 0.3 is 11.9 Å². The summed E-state index contributed by atoms with van der Waals surface area (Å²) in [5, 5.41) is 21.1. The second-order valence-electron chi connectivity index (χ2n) is 6.13. The van der Waals surface area contributed by atoms with Gasteiger partial charge in [0.2, 0.25) is 0 Å². The van der Waals surface area contributed by atoms with Crippen LogP contribution in [-0.4, -0.2) is 47.3 Å². The standard InChI is InChI=1S/C19H22N2O7/c1-5-28-10-20-11(2)15(18(22)23)17(16(12(20)3)19(24)27-4)13-7-6-8-14(9-13)21(25)26/h6-9,17H,5,10H2,1-4H3,(H,22,23). The number of hydrogen-bond acceptors (Lipinski definition) is 7. The summed E-state index contributed by atoms with van der Waals surface area (Å²) in [6.45, 7) is 5.55. The van der Waals surface area contributed by atoms with Gasteiger partial charge in [0.05, 0.1) is 29.1 Å². The number of allylic oxidation sites excluding steroid dienone is 2. The molecule has 1 unspecified atom stereocenters. The van der Waals surface area contributed by atoms with Gasteiger partial charge in [-0.25, -0.2) is 9.59 Å². The van der Waals surface area contributed by atoms with Crippen molar-refractivity contribution < 1.29 is 29.1 Å². The summed E-state index contributed by atoms with van der Waals surface area (Å²) in [6.07, 6.45) is 0. The van der Waals surface area contributed by atoms with Gasteiger partial charge < -0.3 is 19.5 Å². The number of carboxylic acids is 1. The molecular weight excluding hydrogens is 368 g/mol. The molecule has 0 bridgehead atoms. The number of ether oxygens (including phenoxy) is 2. The Morgan fingerprint density at radius 2 is 1.89 bits per heavy atom. The number of hydrogen-bond donors (Lipinski definition) is 1. The first-order valence-electron chi connectivity index (χ1n) is 8.57. The van der Waals surface area contributed by atoms with E-state index in [0.717, 1.165) is 0 Å². The third-order valence-electron chi connectivity index (χ3n) is 4.64. The summed E-state index contributed by atoms with van der Waals surface area (Å²) in [5.41, 5.74) is 1.03. The summed E-state index contributed by atoms with van der Waals surface area (Å²) in [7, 11) is 1.20. The second-order valence-corrected chi connectivity index (χ2v) is 6.13. The van der Waals surface area contributed by atoms with Gasteiger partial charge in [0.1, 0.15) is 6.73 Å². The number of esters is 1. The number of carbonyl (C=O) groups is 2. The third kappa shape index (κ3) is 3.89. The SMILES string of the molecule is CCOCN1C(C)=C(C(=O)O)C(c2cccc([N+](=O)[O-])c2)C(C(=O)OC)=C1C. The van der Waals surface area contributed by atoms with E-state index < -0.39 is 22.8 Å². The minimum absolute atomic E-state index is 0.0626. The van der Waals surface area contributed by atoms with Crippen molar-refractivity contribution in [2.75, 3.05) is 20.4 Å². The van der Waals surface area contributed by atoms with Crippen molar-refractivity contribution >= 4 is 17.6 Å². The molecule has 1 aliphatic rings. The Morgan fingerprint density at radius 3 is 2.43 bits per heavy atom. The van der Waals surface area contributed by atoms with E-state index in [2.05, 4.69) is 0 Å². The highest BCUT2D eigenvalue weighted by molar-refractivity contribution is 5.99. The van der Waals surface area contributed by atoms with E-state index in [1.54, 1.807) is 31.7 Å². The number of nitrogens with zero attached hydrogens (tertiary/aromatic N) is 2. The maximum Gasteiger partial charge on any atom is 0.336 e. The largest absolute Gasteiger partial charge is 0.478 e. The normalized spacial score (nSPS) is 17.0. The first-order valence-corrected chi connectivity index (χ1v) is 8.57. The fraction of sp³-hybridized carbons (Fsp3) is 0.368. The average molecular weight is 390 g/mol. The molecule has 1 atom stereocenters. The first-order chi connectivity index (χ1) is 13.2. The van der Waals surface area contributed by atoms with E-state index in [0.29, 0.717) is 23.6 Å². The molecule has 1 aliphatic heterocycles. The van der Waals surface area contributed by atoms with Gasteiger partial charge in [-0.05, 0) is 26.3 Å². The van der Waals surface area contributed by atoms with E-state index in [-0.39, 0.29) is 23.6 Å². The zero-order valence-corrected chi connectivity index (χ0v) is 16.1. The van der Waals surface area contributed by atoms with Gasteiger partial charge in [0.25, 0.3) is 5.69 Å². The fourth-order valence-corrected chi connectivity index (χ4v) is 3.29. The Kier molecular flexibility index (Phi) is 6.53. The van der Waals surface area contributed by atoms with Gasteiger partial charge in [-0.1, -0.05) is 12.1 Å². The van der Waals surface area contributed by atoms with Crippen LogP contribution >= 0.6 is 0 Å².